The fourth-order valence-electron chi connectivity index (χ4n) is 8.08. The number of carbonyl (C=O) groups is 4. The van der Waals surface area contributed by atoms with Gasteiger partial charge >= 0.3 is 17.9 Å². The number of aliphatic hydroxyl groups is 3. The van der Waals surface area contributed by atoms with Gasteiger partial charge in [-0.15, -0.1) is 0 Å². The molecule has 16 heteroatoms. The lowest BCUT2D eigenvalue weighted by Gasteiger charge is -2.50. The molecule has 58 heavy (non-hydrogen) atoms. The summed E-state index contributed by atoms with van der Waals surface area (Å²) in [6.07, 6.45) is -4.11. The lowest BCUT2D eigenvalue weighted by molar-refractivity contribution is -0.344. The number of carbonyl (C=O) groups excluding carboxylic acids is 4. The number of esters is 3. The van der Waals surface area contributed by atoms with E-state index < -0.39 is 121 Å². The minimum Gasteiger partial charge on any atom is -0.462 e. The van der Waals surface area contributed by atoms with Crippen molar-refractivity contribution < 1.29 is 72.4 Å². The van der Waals surface area contributed by atoms with Gasteiger partial charge in [0.05, 0.1) is 36.9 Å². The zero-order valence-electron chi connectivity index (χ0n) is 36.1. The number of hydrogen-bond donors (Lipinski definition) is 3. The maximum absolute atomic E-state index is 13.2. The Morgan fingerprint density at radius 1 is 1.02 bits per heavy atom. The number of allylic oxidation sites excluding steroid dienone is 2. The number of methoxy groups -OCH3 is 1. The fourth-order valence-corrected chi connectivity index (χ4v) is 8.08. The molecule has 0 bridgehead atoms. The molecular formula is C42H69NO15. The highest BCUT2D eigenvalue weighted by atomic mass is 16.7. The molecule has 0 amide bonds. The van der Waals surface area contributed by atoms with Crippen LogP contribution in [0.25, 0.3) is 0 Å². The Morgan fingerprint density at radius 2 is 1.71 bits per heavy atom. The van der Waals surface area contributed by atoms with Crippen molar-refractivity contribution in [2.75, 3.05) is 21.2 Å². The molecule has 2 saturated heterocycles. The molecule has 3 aliphatic heterocycles. The van der Waals surface area contributed by atoms with Crippen LogP contribution in [0.1, 0.15) is 93.9 Å². The smallest absolute Gasteiger partial charge is 0.309 e. The number of nitrogens with zero attached hydrogens (tertiary/aromatic N) is 1. The molecule has 3 rings (SSSR count). The summed E-state index contributed by atoms with van der Waals surface area (Å²) in [5.41, 5.74) is -1.50. The van der Waals surface area contributed by atoms with E-state index in [0.717, 1.165) is 0 Å². The Balaban J connectivity index is 1.98. The fraction of sp³-hybridized carbons (Fsp3) is 0.810. The number of ether oxygens (including phenoxy) is 8. The zero-order chi connectivity index (χ0) is 43.5. The Kier molecular flexibility index (Phi) is 19.4. The lowest BCUT2D eigenvalue weighted by Crippen LogP contribution is -2.66. The van der Waals surface area contributed by atoms with E-state index in [9.17, 15) is 34.5 Å². The molecule has 0 radical (unpaired) electrons. The number of hydrogen-bond acceptors (Lipinski definition) is 16. The zero-order valence-corrected chi connectivity index (χ0v) is 36.1. The van der Waals surface area contributed by atoms with E-state index in [2.05, 4.69) is 0 Å². The topological polar surface area (TPSA) is 206 Å². The molecule has 2 fully saturated rings. The van der Waals surface area contributed by atoms with Crippen molar-refractivity contribution in [2.24, 2.45) is 17.8 Å². The summed E-state index contributed by atoms with van der Waals surface area (Å²) in [5.74, 6) is -2.82. The maximum atomic E-state index is 13.2. The number of rotatable bonds is 12. The van der Waals surface area contributed by atoms with Crippen LogP contribution in [0, 0.1) is 17.8 Å². The van der Waals surface area contributed by atoms with Crippen LogP contribution in [0.15, 0.2) is 24.3 Å². The average molecular weight is 828 g/mol. The second-order valence-electron chi connectivity index (χ2n) is 17.0. The molecule has 0 aromatic heterocycles. The third kappa shape index (κ3) is 14.2. The third-order valence-electron chi connectivity index (χ3n) is 10.9. The molecular weight excluding hydrogens is 758 g/mol. The van der Waals surface area contributed by atoms with Crippen LogP contribution in [0.4, 0.5) is 0 Å². The van der Waals surface area contributed by atoms with Gasteiger partial charge in [0.15, 0.2) is 18.7 Å². The van der Waals surface area contributed by atoms with Crippen LogP contribution in [-0.2, 0) is 57.1 Å². The summed E-state index contributed by atoms with van der Waals surface area (Å²) >= 11 is 0. The van der Waals surface area contributed by atoms with Gasteiger partial charge in [0.2, 0.25) is 0 Å². The highest BCUT2D eigenvalue weighted by Gasteiger charge is 2.53. The second kappa shape index (κ2) is 22.7. The minimum absolute atomic E-state index is 0.0460. The quantitative estimate of drug-likeness (QED) is 0.147. The van der Waals surface area contributed by atoms with E-state index in [4.69, 9.17) is 37.9 Å². The SMILES string of the molecule is CO[C@H]1[C@@H](O[C@@H]2O[C@H](C)[C@@H](O[C@H]3C[C@@](C)(O)[C@@H](OC(=O)CC(C)C)[C@H](C)O3)[C@H](N(C)C)[C@H]2O)[C@@H](CC=O)C[C@@H](C)[C@@H](O)/C=C/C=C\C[C@@H](C)OC(=O)C[C@H]1OC(C)=O. The summed E-state index contributed by atoms with van der Waals surface area (Å²) in [6, 6.07) is -0.782. The first-order valence-corrected chi connectivity index (χ1v) is 20.4. The van der Waals surface area contributed by atoms with Gasteiger partial charge in [0.25, 0.3) is 0 Å². The van der Waals surface area contributed by atoms with Gasteiger partial charge in [-0.05, 0) is 66.0 Å². The van der Waals surface area contributed by atoms with Gasteiger partial charge < -0.3 is 62.9 Å². The first-order valence-electron chi connectivity index (χ1n) is 20.4. The van der Waals surface area contributed by atoms with E-state index >= 15 is 0 Å². The monoisotopic (exact) mass is 827 g/mol. The van der Waals surface area contributed by atoms with Crippen molar-refractivity contribution >= 4 is 24.2 Å². The van der Waals surface area contributed by atoms with Crippen molar-refractivity contribution in [2.45, 2.75) is 179 Å². The summed E-state index contributed by atoms with van der Waals surface area (Å²) in [5, 5.41) is 34.6. The van der Waals surface area contributed by atoms with E-state index in [1.807, 2.05) is 20.8 Å². The molecule has 3 aliphatic rings. The first kappa shape index (κ1) is 49.6. The molecule has 0 aliphatic carbocycles. The highest BCUT2D eigenvalue weighted by Crippen LogP contribution is 2.38. The van der Waals surface area contributed by atoms with Gasteiger partial charge in [-0.1, -0.05) is 45.1 Å². The molecule has 0 spiro atoms. The Labute approximate surface area is 343 Å². The van der Waals surface area contributed by atoms with Gasteiger partial charge in [0.1, 0.15) is 42.4 Å². The van der Waals surface area contributed by atoms with Gasteiger partial charge in [-0.25, -0.2) is 0 Å². The molecule has 332 valence electrons. The molecule has 3 heterocycles. The molecule has 0 unspecified atom stereocenters. The summed E-state index contributed by atoms with van der Waals surface area (Å²) in [4.78, 5) is 52.3. The standard InChI is InChI=1S/C42H69NO15/c1-23(2)19-32(47)56-40-27(6)53-34(22-42(40,8)50)57-37-26(5)54-41(36(49)35(37)43(9)10)58-38-29(17-18-44)20-24(3)30(46)16-14-12-13-15-25(4)52-33(48)21-31(39(38)51-11)55-28(7)45/h12-14,16,18,23-27,29-31,34-41,46,49-50H,15,17,19-22H2,1-11H3/b13-12-,16-14+/t24-,25-,26-,27+,29+,30+,31-,34+,35-,36-,37-,38+,39-,40+,41+,42-/m1/s1. The van der Waals surface area contributed by atoms with Crippen LogP contribution in [0.3, 0.4) is 0 Å². The van der Waals surface area contributed by atoms with Crippen LogP contribution >= 0.6 is 0 Å². The molecule has 3 N–H and O–H groups in total. The maximum Gasteiger partial charge on any atom is 0.309 e. The van der Waals surface area contributed by atoms with Crippen LogP contribution < -0.4 is 0 Å². The minimum atomic E-state index is -1.50. The molecule has 0 aromatic rings. The normalized spacial score (nSPS) is 40.7. The van der Waals surface area contributed by atoms with E-state index in [1.165, 1.54) is 14.0 Å². The average Bonchev–Trinajstić information content (AvgIpc) is 3.09. The third-order valence-corrected chi connectivity index (χ3v) is 10.9. The van der Waals surface area contributed by atoms with Crippen LogP contribution in [0.2, 0.25) is 0 Å². The molecule has 16 atom stereocenters. The van der Waals surface area contributed by atoms with Crippen molar-refractivity contribution in [3.05, 3.63) is 24.3 Å². The van der Waals surface area contributed by atoms with Gasteiger partial charge in [-0.3, -0.25) is 14.4 Å². The van der Waals surface area contributed by atoms with Crippen molar-refractivity contribution in [1.29, 1.82) is 0 Å². The van der Waals surface area contributed by atoms with Crippen LogP contribution in [-0.4, -0.2) is 151 Å². The number of aldehydes is 1. The van der Waals surface area contributed by atoms with E-state index in [0.29, 0.717) is 12.7 Å². The summed E-state index contributed by atoms with van der Waals surface area (Å²) in [7, 11) is 4.86. The van der Waals surface area contributed by atoms with Crippen molar-refractivity contribution in [3.63, 3.8) is 0 Å². The van der Waals surface area contributed by atoms with Crippen LogP contribution in [0.5, 0.6) is 0 Å². The summed E-state index contributed by atoms with van der Waals surface area (Å²) in [6.45, 7) is 13.5. The predicted molar refractivity (Wildman–Crippen MR) is 210 cm³/mol. The predicted octanol–water partition coefficient (Wildman–Crippen LogP) is 3.01. The molecule has 0 aromatic carbocycles. The Morgan fingerprint density at radius 3 is 2.29 bits per heavy atom. The number of likely N-dealkylation sites (N-methyl/N-ethyl adjacent to an activating group) is 1. The first-order chi connectivity index (χ1) is 27.2. The highest BCUT2D eigenvalue weighted by molar-refractivity contribution is 5.72. The van der Waals surface area contributed by atoms with Crippen molar-refractivity contribution in [1.82, 2.24) is 4.90 Å². The molecule has 0 saturated carbocycles. The lowest BCUT2D eigenvalue weighted by atomic mass is 9.82. The van der Waals surface area contributed by atoms with Gasteiger partial charge in [-0.2, -0.15) is 0 Å². The number of aliphatic hydroxyl groups excluding tert-OH is 2. The Hall–Kier alpha value is -2.80. The number of cyclic esters (lactones) is 1. The van der Waals surface area contributed by atoms with E-state index in [1.54, 1.807) is 71.0 Å². The summed E-state index contributed by atoms with van der Waals surface area (Å²) < 4.78 is 48.6. The largest absolute Gasteiger partial charge is 0.462 e. The Bertz CT molecular complexity index is 1390. The molecule has 16 nitrogen and oxygen atoms in total. The van der Waals surface area contributed by atoms with E-state index in [-0.39, 0.29) is 31.6 Å². The second-order valence-corrected chi connectivity index (χ2v) is 17.0. The van der Waals surface area contributed by atoms with Gasteiger partial charge in [0, 0.05) is 39.7 Å². The van der Waals surface area contributed by atoms with Crippen molar-refractivity contribution in [3.8, 4) is 0 Å².